The molecule has 0 fully saturated rings. The average molecular weight is 414 g/mol. The first kappa shape index (κ1) is 17.8. The quantitative estimate of drug-likeness (QED) is 0.660. The maximum Gasteiger partial charge on any atom is 0.416 e. The lowest BCUT2D eigenvalue weighted by atomic mass is 9.97. The second-order valence-corrected chi connectivity index (χ2v) is 6.88. The minimum atomic E-state index is -4.47. The number of fused-ring (bicyclic) bond motifs is 1. The Balaban J connectivity index is 2.22. The van der Waals surface area contributed by atoms with Gasteiger partial charge in [-0.15, -0.1) is 0 Å². The second kappa shape index (κ2) is 6.05. The molecule has 7 heteroatoms. The predicted octanol–water partition coefficient (Wildman–Crippen LogP) is 4.82. The zero-order chi connectivity index (χ0) is 18.4. The van der Waals surface area contributed by atoms with Crippen LogP contribution in [0.2, 0.25) is 0 Å². The monoisotopic (exact) mass is 413 g/mol. The number of nitrogens with zero attached hydrogens (tertiary/aromatic N) is 1. The van der Waals surface area contributed by atoms with Crippen molar-refractivity contribution in [3.8, 4) is 5.75 Å². The minimum Gasteiger partial charge on any atom is -0.483 e. The molecule has 3 nitrogen and oxygen atoms in total. The van der Waals surface area contributed by atoms with Crippen LogP contribution in [-0.4, -0.2) is 10.2 Å². The zero-order valence-electron chi connectivity index (χ0n) is 13.5. The van der Waals surface area contributed by atoms with E-state index in [-0.39, 0.29) is 11.1 Å². The lowest BCUT2D eigenvalue weighted by Gasteiger charge is -2.32. The van der Waals surface area contributed by atoms with Gasteiger partial charge in [-0.25, -0.2) is 0 Å². The van der Waals surface area contributed by atoms with E-state index < -0.39 is 17.3 Å². The summed E-state index contributed by atoms with van der Waals surface area (Å²) in [6.45, 7) is 3.57. The number of alkyl halides is 4. The van der Waals surface area contributed by atoms with Crippen LogP contribution in [0.1, 0.15) is 30.5 Å². The van der Waals surface area contributed by atoms with Crippen LogP contribution in [0.3, 0.4) is 0 Å². The van der Waals surface area contributed by atoms with Crippen LogP contribution in [0.25, 0.3) is 5.70 Å². The van der Waals surface area contributed by atoms with Gasteiger partial charge in [0.15, 0.2) is 0 Å². The highest BCUT2D eigenvalue weighted by Gasteiger charge is 2.34. The van der Waals surface area contributed by atoms with Crippen LogP contribution in [0.5, 0.6) is 5.75 Å². The van der Waals surface area contributed by atoms with Gasteiger partial charge in [0.25, 0.3) is 5.56 Å². The summed E-state index contributed by atoms with van der Waals surface area (Å²) in [5, 5.41) is 0.519. The van der Waals surface area contributed by atoms with Gasteiger partial charge in [-0.05, 0) is 49.8 Å². The van der Waals surface area contributed by atoms with E-state index in [1.165, 1.54) is 16.7 Å². The Bertz CT molecular complexity index is 913. The molecule has 1 aliphatic rings. The number of benzene rings is 1. The Hall–Kier alpha value is -2.02. The maximum atomic E-state index is 13.1. The Kier molecular flexibility index (Phi) is 4.31. The number of halogens is 4. The van der Waals surface area contributed by atoms with Crippen molar-refractivity contribution in [1.82, 2.24) is 4.57 Å². The lowest BCUT2D eigenvalue weighted by Crippen LogP contribution is -2.32. The highest BCUT2D eigenvalue weighted by Crippen LogP contribution is 2.40. The zero-order valence-corrected chi connectivity index (χ0v) is 15.1. The third-order valence-electron chi connectivity index (χ3n) is 3.84. The molecular formula is C18H15BrF3NO2. The normalized spacial score (nSPS) is 16.0. The van der Waals surface area contributed by atoms with E-state index in [0.29, 0.717) is 16.8 Å². The fraction of sp³-hybridized carbons (Fsp3) is 0.278. The third kappa shape index (κ3) is 3.51. The molecule has 2 heterocycles. The van der Waals surface area contributed by atoms with Crippen molar-refractivity contribution < 1.29 is 17.9 Å². The van der Waals surface area contributed by atoms with Crippen LogP contribution in [-0.2, 0) is 11.5 Å². The van der Waals surface area contributed by atoms with Crippen molar-refractivity contribution in [3.05, 3.63) is 69.6 Å². The lowest BCUT2D eigenvalue weighted by molar-refractivity contribution is -0.137. The van der Waals surface area contributed by atoms with Gasteiger partial charge in [0.05, 0.1) is 11.3 Å². The van der Waals surface area contributed by atoms with Crippen LogP contribution >= 0.6 is 15.9 Å². The molecule has 1 aromatic carbocycles. The second-order valence-electron chi connectivity index (χ2n) is 6.32. The summed E-state index contributed by atoms with van der Waals surface area (Å²) < 4.78 is 46.3. The minimum absolute atomic E-state index is 0.239. The van der Waals surface area contributed by atoms with Crippen molar-refractivity contribution >= 4 is 21.6 Å². The summed E-state index contributed by atoms with van der Waals surface area (Å²) in [4.78, 5) is 12.4. The number of aromatic nitrogens is 1. The topological polar surface area (TPSA) is 31.2 Å². The van der Waals surface area contributed by atoms with Crippen molar-refractivity contribution in [2.75, 3.05) is 0 Å². The molecule has 0 bridgehead atoms. The number of hydrogen-bond acceptors (Lipinski definition) is 2. The molecule has 0 saturated heterocycles. The SMILES string of the molecule is CC1(C)C=C(n2ccc(CBr)cc2=O)c2cc(C(F)(F)F)ccc2O1. The number of ether oxygens (including phenoxy) is 1. The molecule has 0 N–H and O–H groups in total. The van der Waals surface area contributed by atoms with E-state index in [4.69, 9.17) is 4.74 Å². The van der Waals surface area contributed by atoms with Gasteiger partial charge >= 0.3 is 6.18 Å². The van der Waals surface area contributed by atoms with E-state index in [9.17, 15) is 18.0 Å². The van der Waals surface area contributed by atoms with Crippen molar-refractivity contribution in [1.29, 1.82) is 0 Å². The van der Waals surface area contributed by atoms with Crippen LogP contribution in [0, 0.1) is 0 Å². The summed E-state index contributed by atoms with van der Waals surface area (Å²) in [7, 11) is 0. The Morgan fingerprint density at radius 2 is 1.92 bits per heavy atom. The highest BCUT2D eigenvalue weighted by molar-refractivity contribution is 9.08. The van der Waals surface area contributed by atoms with E-state index in [2.05, 4.69) is 15.9 Å². The molecule has 0 radical (unpaired) electrons. The molecule has 0 saturated carbocycles. The summed E-state index contributed by atoms with van der Waals surface area (Å²) in [6.07, 6.45) is -1.25. The van der Waals surface area contributed by atoms with E-state index in [1.54, 1.807) is 32.2 Å². The highest BCUT2D eigenvalue weighted by atomic mass is 79.9. The van der Waals surface area contributed by atoms with Gasteiger partial charge < -0.3 is 4.74 Å². The van der Waals surface area contributed by atoms with Gasteiger partial charge in [0, 0.05) is 23.2 Å². The molecule has 0 amide bonds. The molecule has 2 aromatic rings. The smallest absolute Gasteiger partial charge is 0.416 e. The maximum absolute atomic E-state index is 13.1. The fourth-order valence-corrected chi connectivity index (χ4v) is 3.07. The van der Waals surface area contributed by atoms with Crippen LogP contribution in [0.4, 0.5) is 13.2 Å². The van der Waals surface area contributed by atoms with Gasteiger partial charge in [0.1, 0.15) is 11.4 Å². The van der Waals surface area contributed by atoms with Crippen LogP contribution in [0.15, 0.2) is 47.4 Å². The Morgan fingerprint density at radius 3 is 2.52 bits per heavy atom. The molecule has 3 rings (SSSR count). The first-order valence-electron chi connectivity index (χ1n) is 7.52. The summed E-state index contributed by atoms with van der Waals surface area (Å²) >= 11 is 3.28. The first-order chi connectivity index (χ1) is 11.6. The summed E-state index contributed by atoms with van der Waals surface area (Å²) in [5.41, 5.74) is -0.450. The fourth-order valence-electron chi connectivity index (χ4n) is 2.72. The Morgan fingerprint density at radius 1 is 1.20 bits per heavy atom. The van der Waals surface area contributed by atoms with Crippen molar-refractivity contribution in [3.63, 3.8) is 0 Å². The molecule has 0 aliphatic carbocycles. The van der Waals surface area contributed by atoms with Gasteiger partial charge in [-0.3, -0.25) is 9.36 Å². The van der Waals surface area contributed by atoms with Crippen molar-refractivity contribution in [2.45, 2.75) is 31.0 Å². The molecule has 0 atom stereocenters. The average Bonchev–Trinajstić information content (AvgIpc) is 2.51. The molecule has 1 aliphatic heterocycles. The van der Waals surface area contributed by atoms with Gasteiger partial charge in [0.2, 0.25) is 0 Å². The molecule has 1 aromatic heterocycles. The standard InChI is InChI=1S/C18H15BrF3NO2/c1-17(2)9-14(23-6-5-11(10-19)7-16(23)24)13-8-12(18(20,21)22)3-4-15(13)25-17/h3-9H,10H2,1-2H3. The predicted molar refractivity (Wildman–Crippen MR) is 92.9 cm³/mol. The molecule has 0 spiro atoms. The van der Waals surface area contributed by atoms with Crippen molar-refractivity contribution in [2.24, 2.45) is 0 Å². The first-order valence-corrected chi connectivity index (χ1v) is 8.64. The number of hydrogen-bond donors (Lipinski definition) is 0. The van der Waals surface area contributed by atoms with E-state index in [1.807, 2.05) is 0 Å². The molecular weight excluding hydrogens is 399 g/mol. The molecule has 132 valence electrons. The number of pyridine rings is 1. The summed E-state index contributed by atoms with van der Waals surface area (Å²) in [6, 6.07) is 6.48. The largest absolute Gasteiger partial charge is 0.483 e. The van der Waals surface area contributed by atoms with Gasteiger partial charge in [-0.2, -0.15) is 13.2 Å². The van der Waals surface area contributed by atoms with E-state index >= 15 is 0 Å². The number of rotatable bonds is 2. The molecule has 25 heavy (non-hydrogen) atoms. The summed E-state index contributed by atoms with van der Waals surface area (Å²) in [5.74, 6) is 0.312. The van der Waals surface area contributed by atoms with E-state index in [0.717, 1.165) is 17.7 Å². The Labute approximate surface area is 150 Å². The molecule has 0 unspecified atom stereocenters. The van der Waals surface area contributed by atoms with Crippen LogP contribution < -0.4 is 10.3 Å². The third-order valence-corrected chi connectivity index (χ3v) is 4.49. The van der Waals surface area contributed by atoms with Gasteiger partial charge in [-0.1, -0.05) is 15.9 Å².